The van der Waals surface area contributed by atoms with Gasteiger partial charge in [0.15, 0.2) is 0 Å². The predicted octanol–water partition coefficient (Wildman–Crippen LogP) is 6.51. The van der Waals surface area contributed by atoms with Crippen LogP contribution in [0.4, 0.5) is 17.3 Å². The van der Waals surface area contributed by atoms with Crippen molar-refractivity contribution in [2.45, 2.75) is 18.4 Å². The number of hydrogen-bond acceptors (Lipinski definition) is 12. The molecule has 1 aliphatic rings. The molecule has 0 unspecified atom stereocenters. The first kappa shape index (κ1) is 42.6. The van der Waals surface area contributed by atoms with Gasteiger partial charge < -0.3 is 26.0 Å². The minimum atomic E-state index is -0.202. The molecule has 6 aromatic rings. The van der Waals surface area contributed by atoms with Crippen LogP contribution in [0.1, 0.15) is 31.8 Å². The van der Waals surface area contributed by atoms with Crippen LogP contribution in [0.3, 0.4) is 0 Å². The van der Waals surface area contributed by atoms with E-state index < -0.39 is 0 Å². The Bertz CT molecular complexity index is 2420. The lowest BCUT2D eigenvalue weighted by Crippen LogP contribution is -2.49. The highest BCUT2D eigenvalue weighted by Gasteiger charge is 2.19. The van der Waals surface area contributed by atoms with Crippen molar-refractivity contribution in [1.82, 2.24) is 40.4 Å². The van der Waals surface area contributed by atoms with Gasteiger partial charge in [-0.05, 0) is 72.6 Å². The number of carbonyl (C=O) groups excluding carboxylic acids is 3. The van der Waals surface area contributed by atoms with Gasteiger partial charge in [-0.25, -0.2) is 9.97 Å². The minimum Gasteiger partial charge on any atom is -0.378 e. The highest BCUT2D eigenvalue weighted by molar-refractivity contribution is 14.2. The maximum atomic E-state index is 13.2. The van der Waals surface area contributed by atoms with Crippen molar-refractivity contribution in [2.75, 3.05) is 69.7 Å². The van der Waals surface area contributed by atoms with E-state index in [2.05, 4.69) is 72.2 Å². The van der Waals surface area contributed by atoms with Gasteiger partial charge in [0.2, 0.25) is 11.9 Å². The lowest BCUT2D eigenvalue weighted by atomic mass is 10.1. The molecule has 308 valence electrons. The molecule has 3 aromatic carbocycles. The molecule has 4 heterocycles. The Morgan fingerprint density at radius 3 is 2.38 bits per heavy atom. The van der Waals surface area contributed by atoms with Crippen molar-refractivity contribution in [3.8, 4) is 11.3 Å². The molecule has 1 fully saturated rings. The number of benzene rings is 3. The summed E-state index contributed by atoms with van der Waals surface area (Å²) in [6.07, 6.45) is 6.77. The molecule has 0 spiro atoms. The van der Waals surface area contributed by atoms with Gasteiger partial charge in [0.25, 0.3) is 11.8 Å². The fraction of sp³-hybridized carbons (Fsp3) is 0.250. The van der Waals surface area contributed by atoms with Crippen LogP contribution in [0.5, 0.6) is 0 Å². The van der Waals surface area contributed by atoms with Gasteiger partial charge in [0.05, 0.1) is 36.5 Å². The summed E-state index contributed by atoms with van der Waals surface area (Å²) in [6.45, 7) is 7.75. The van der Waals surface area contributed by atoms with Crippen LogP contribution in [0.15, 0.2) is 115 Å². The number of anilines is 3. The predicted molar refractivity (Wildman–Crippen MR) is 244 cm³/mol. The topological polar surface area (TPSA) is 167 Å². The molecule has 0 radical (unpaired) electrons. The Morgan fingerprint density at radius 2 is 1.60 bits per heavy atom. The van der Waals surface area contributed by atoms with E-state index in [-0.39, 0.29) is 17.7 Å². The molecule has 3 amide bonds. The minimum absolute atomic E-state index is 0.0409. The van der Waals surface area contributed by atoms with Gasteiger partial charge in [-0.3, -0.25) is 34.2 Å². The molecule has 0 atom stereocenters. The van der Waals surface area contributed by atoms with E-state index >= 15 is 0 Å². The number of pyridine rings is 2. The normalized spacial score (nSPS) is 13.2. The second-order valence-corrected chi connectivity index (χ2v) is 16.1. The summed E-state index contributed by atoms with van der Waals surface area (Å²) >= 11 is 2.23. The second kappa shape index (κ2) is 21.1. The van der Waals surface area contributed by atoms with E-state index in [4.69, 9.17) is 4.74 Å². The van der Waals surface area contributed by atoms with Crippen LogP contribution in [0, 0.1) is 6.92 Å². The van der Waals surface area contributed by atoms with Crippen LogP contribution in [0.2, 0.25) is 0 Å². The summed E-state index contributed by atoms with van der Waals surface area (Å²) in [5.41, 5.74) is 7.13. The third-order valence-corrected chi connectivity index (χ3v) is 11.8. The largest absolute Gasteiger partial charge is 0.378 e. The van der Waals surface area contributed by atoms with E-state index in [9.17, 15) is 14.4 Å². The number of nitrogens with one attached hydrogen (secondary N) is 4. The number of piperazine rings is 1. The Hall–Kier alpha value is -5.53. The van der Waals surface area contributed by atoms with Crippen LogP contribution < -0.4 is 21.3 Å². The number of aromatic nitrogens is 4. The van der Waals surface area contributed by atoms with Crippen LogP contribution in [-0.4, -0.2) is 106 Å². The van der Waals surface area contributed by atoms with Crippen molar-refractivity contribution in [3.63, 3.8) is 0 Å². The molecule has 4 N–H and O–H groups in total. The third kappa shape index (κ3) is 11.8. The highest BCUT2D eigenvalue weighted by Crippen LogP contribution is 2.31. The van der Waals surface area contributed by atoms with Gasteiger partial charge in [-0.1, -0.05) is 39.3 Å². The van der Waals surface area contributed by atoms with E-state index in [0.29, 0.717) is 55.6 Å². The Labute approximate surface area is 364 Å². The number of carbonyl (C=O) groups is 3. The number of fused-ring (bicyclic) bond motifs is 1. The van der Waals surface area contributed by atoms with Gasteiger partial charge >= 0.3 is 0 Å². The van der Waals surface area contributed by atoms with Crippen molar-refractivity contribution in [1.29, 1.82) is 0 Å². The molecule has 16 heteroatoms. The van der Waals surface area contributed by atoms with E-state index in [0.717, 1.165) is 76.6 Å². The number of hydrogen-bond donors (Lipinski definition) is 4. The summed E-state index contributed by atoms with van der Waals surface area (Å²) in [5, 5.41) is 13.0. The SMILES string of the molecule is Cc1ccc(NC(=O)c2ccc(CN3CCN(CC(=O)NCCOCCNC(=O)c4cnc5c(SI)cccc5c4)CC3)cc2)cc1Nc1nccc(-c2cccnc2)n1. The first-order chi connectivity index (χ1) is 29.3. The monoisotopic (exact) mass is 936 g/mol. The van der Waals surface area contributed by atoms with Crippen molar-refractivity contribution < 1.29 is 19.1 Å². The zero-order chi connectivity index (χ0) is 41.7. The first-order valence-corrected chi connectivity index (χ1v) is 22.9. The number of halogens is 1. The number of ether oxygens (including phenoxy) is 1. The maximum absolute atomic E-state index is 13.2. The summed E-state index contributed by atoms with van der Waals surface area (Å²) < 4.78 is 5.62. The summed E-state index contributed by atoms with van der Waals surface area (Å²) in [5.74, 6) is 0.00202. The fourth-order valence-corrected chi connectivity index (χ4v) is 8.10. The Balaban J connectivity index is 0.771. The van der Waals surface area contributed by atoms with Crippen molar-refractivity contribution >= 4 is 76.1 Å². The number of nitrogens with zero attached hydrogens (tertiary/aromatic N) is 6. The molecule has 1 saturated heterocycles. The quantitative estimate of drug-likeness (QED) is 0.0580. The van der Waals surface area contributed by atoms with Gasteiger partial charge in [0.1, 0.15) is 0 Å². The van der Waals surface area contributed by atoms with Crippen LogP contribution in [0.25, 0.3) is 22.2 Å². The smallest absolute Gasteiger partial charge is 0.255 e. The van der Waals surface area contributed by atoms with Crippen LogP contribution in [-0.2, 0) is 16.1 Å². The van der Waals surface area contributed by atoms with Crippen molar-refractivity contribution in [2.24, 2.45) is 0 Å². The standard InChI is InChI=1S/C44H45IN10O4S/c1-30-7-12-36(25-38(30)53-44-49-15-13-37(52-44)34-5-3-14-46-26-34)51-43(58)32-10-8-31(9-11-32)28-54-18-20-55(21-19-54)29-40(56)47-16-22-59-23-17-48-42(57)35-24-33-4-2-6-39(60-45)41(33)50-27-35/h2-15,24-27H,16-23,28-29H2,1H3,(H,47,56)(H,48,57)(H,51,58)(H,49,52,53). The number of rotatable bonds is 17. The Kier molecular flexibility index (Phi) is 15.0. The fourth-order valence-electron chi connectivity index (χ4n) is 6.66. The molecule has 0 aliphatic carbocycles. The number of para-hydroxylation sites is 1. The molecular weight excluding hydrogens is 892 g/mol. The average molecular weight is 937 g/mol. The lowest BCUT2D eigenvalue weighted by Gasteiger charge is -2.34. The second-order valence-electron chi connectivity index (χ2n) is 14.2. The molecule has 3 aromatic heterocycles. The molecule has 0 bridgehead atoms. The summed E-state index contributed by atoms with van der Waals surface area (Å²) in [6, 6.07) is 26.8. The third-order valence-electron chi connectivity index (χ3n) is 9.93. The highest BCUT2D eigenvalue weighted by atomic mass is 127. The molecule has 0 saturated carbocycles. The lowest BCUT2D eigenvalue weighted by molar-refractivity contribution is -0.122. The molecule has 1 aliphatic heterocycles. The van der Waals surface area contributed by atoms with E-state index in [1.165, 1.54) is 0 Å². The zero-order valence-corrected chi connectivity index (χ0v) is 36.0. The van der Waals surface area contributed by atoms with Crippen molar-refractivity contribution in [3.05, 3.63) is 132 Å². The van der Waals surface area contributed by atoms with Gasteiger partial charge in [0, 0.05) is 125 Å². The maximum Gasteiger partial charge on any atom is 0.255 e. The molecule has 60 heavy (non-hydrogen) atoms. The summed E-state index contributed by atoms with van der Waals surface area (Å²) in [4.78, 5) is 61.6. The Morgan fingerprint density at radius 1 is 0.800 bits per heavy atom. The average Bonchev–Trinajstić information content (AvgIpc) is 3.28. The summed E-state index contributed by atoms with van der Waals surface area (Å²) in [7, 11) is 1.59. The molecule has 14 nitrogen and oxygen atoms in total. The zero-order valence-electron chi connectivity index (χ0n) is 33.1. The number of aryl methyl sites for hydroxylation is 1. The van der Waals surface area contributed by atoms with Gasteiger partial charge in [-0.15, -0.1) is 0 Å². The molecular formula is C44H45IN10O4S. The molecule has 7 rings (SSSR count). The van der Waals surface area contributed by atoms with E-state index in [1.807, 2.05) is 91.9 Å². The first-order valence-electron chi connectivity index (χ1n) is 19.6. The van der Waals surface area contributed by atoms with Crippen LogP contribution >= 0.6 is 30.1 Å². The number of amides is 3. The van der Waals surface area contributed by atoms with Gasteiger partial charge in [-0.2, -0.15) is 0 Å². The van der Waals surface area contributed by atoms with E-state index in [1.54, 1.807) is 33.7 Å².